The van der Waals surface area contributed by atoms with Gasteiger partial charge in [-0.15, -0.1) is 0 Å². The third kappa shape index (κ3) is 4.51. The summed E-state index contributed by atoms with van der Waals surface area (Å²) in [6.07, 6.45) is 2.63. The number of nitrogens with one attached hydrogen (secondary N) is 2. The van der Waals surface area contributed by atoms with Gasteiger partial charge in [-0.3, -0.25) is 0 Å². The Morgan fingerprint density at radius 3 is 2.24 bits per heavy atom. The van der Waals surface area contributed by atoms with Gasteiger partial charge < -0.3 is 24.8 Å². The fraction of sp³-hybridized carbons (Fsp3) is 0.625. The molecule has 0 heterocycles. The Hall–Kier alpha value is -1.46. The van der Waals surface area contributed by atoms with Crippen molar-refractivity contribution in [3.05, 3.63) is 17.7 Å². The maximum Gasteiger partial charge on any atom is 0.164 e. The van der Waals surface area contributed by atoms with E-state index in [0.29, 0.717) is 11.8 Å². The van der Waals surface area contributed by atoms with E-state index >= 15 is 0 Å². The first-order chi connectivity index (χ1) is 10.2. The van der Waals surface area contributed by atoms with Gasteiger partial charge in [0.05, 0.1) is 21.3 Å². The van der Waals surface area contributed by atoms with Gasteiger partial charge in [0.15, 0.2) is 11.5 Å². The Kier molecular flexibility index (Phi) is 5.70. The van der Waals surface area contributed by atoms with E-state index in [2.05, 4.69) is 17.6 Å². The lowest BCUT2D eigenvalue weighted by molar-refractivity contribution is 0.346. The van der Waals surface area contributed by atoms with Crippen LogP contribution in [0.2, 0.25) is 0 Å². The van der Waals surface area contributed by atoms with Crippen molar-refractivity contribution in [3.8, 4) is 17.2 Å². The van der Waals surface area contributed by atoms with Crippen molar-refractivity contribution in [2.45, 2.75) is 38.4 Å². The van der Waals surface area contributed by atoms with Gasteiger partial charge in [-0.2, -0.15) is 0 Å². The zero-order chi connectivity index (χ0) is 15.2. The van der Waals surface area contributed by atoms with E-state index in [1.165, 1.54) is 12.8 Å². The molecule has 0 spiro atoms. The molecule has 1 atom stereocenters. The molecule has 1 aromatic rings. The summed E-state index contributed by atoms with van der Waals surface area (Å²) in [5.74, 6) is 2.21. The largest absolute Gasteiger partial charge is 0.496 e. The summed E-state index contributed by atoms with van der Waals surface area (Å²) in [7, 11) is 4.94. The van der Waals surface area contributed by atoms with E-state index in [1.807, 2.05) is 12.1 Å². The fourth-order valence-corrected chi connectivity index (χ4v) is 2.22. The van der Waals surface area contributed by atoms with Gasteiger partial charge in [0, 0.05) is 36.8 Å². The lowest BCUT2D eigenvalue weighted by Gasteiger charge is -2.18. The molecule has 0 saturated heterocycles. The van der Waals surface area contributed by atoms with E-state index in [9.17, 15) is 0 Å². The highest BCUT2D eigenvalue weighted by Crippen LogP contribution is 2.34. The van der Waals surface area contributed by atoms with Gasteiger partial charge in [0.1, 0.15) is 5.75 Å². The second kappa shape index (κ2) is 7.52. The monoisotopic (exact) mass is 294 g/mol. The first kappa shape index (κ1) is 15.9. The Morgan fingerprint density at radius 1 is 1.05 bits per heavy atom. The highest BCUT2D eigenvalue weighted by molar-refractivity contribution is 5.50. The molecule has 0 aliphatic heterocycles. The standard InChI is InChI=1S/C16H26N2O3/c1-11(9-18-13-5-6-13)17-10-12-7-15(20-3)16(21-4)8-14(12)19-2/h7-8,11,13,17-18H,5-6,9-10H2,1-4H3. The molecule has 118 valence electrons. The van der Waals surface area contributed by atoms with Crippen molar-refractivity contribution in [2.24, 2.45) is 0 Å². The van der Waals surface area contributed by atoms with Crippen LogP contribution in [0.5, 0.6) is 17.2 Å². The molecule has 0 bridgehead atoms. The molecule has 2 N–H and O–H groups in total. The third-order valence-electron chi connectivity index (χ3n) is 3.72. The summed E-state index contributed by atoms with van der Waals surface area (Å²) < 4.78 is 16.1. The first-order valence-corrected chi connectivity index (χ1v) is 7.43. The van der Waals surface area contributed by atoms with E-state index in [0.717, 1.165) is 36.2 Å². The van der Waals surface area contributed by atoms with Crippen molar-refractivity contribution in [2.75, 3.05) is 27.9 Å². The minimum absolute atomic E-state index is 0.406. The summed E-state index contributed by atoms with van der Waals surface area (Å²) in [5.41, 5.74) is 1.06. The van der Waals surface area contributed by atoms with Gasteiger partial charge in [-0.1, -0.05) is 0 Å². The minimum atomic E-state index is 0.406. The zero-order valence-electron chi connectivity index (χ0n) is 13.4. The van der Waals surface area contributed by atoms with E-state index in [1.54, 1.807) is 21.3 Å². The molecule has 5 nitrogen and oxygen atoms in total. The number of hydrogen-bond donors (Lipinski definition) is 2. The van der Waals surface area contributed by atoms with Crippen LogP contribution in [0, 0.1) is 0 Å². The molecule has 1 unspecified atom stereocenters. The summed E-state index contributed by atoms with van der Waals surface area (Å²) >= 11 is 0. The number of ether oxygens (including phenoxy) is 3. The smallest absolute Gasteiger partial charge is 0.164 e. The molecule has 1 fully saturated rings. The molecule has 0 radical (unpaired) electrons. The van der Waals surface area contributed by atoms with Crippen LogP contribution in [-0.4, -0.2) is 40.0 Å². The SMILES string of the molecule is COc1cc(OC)c(OC)cc1CNC(C)CNC1CC1. The van der Waals surface area contributed by atoms with Crippen LogP contribution in [0.15, 0.2) is 12.1 Å². The topological polar surface area (TPSA) is 51.8 Å². The van der Waals surface area contributed by atoms with Crippen LogP contribution < -0.4 is 24.8 Å². The van der Waals surface area contributed by atoms with Crippen molar-refractivity contribution in [1.29, 1.82) is 0 Å². The van der Waals surface area contributed by atoms with Gasteiger partial charge in [0.25, 0.3) is 0 Å². The predicted octanol–water partition coefficient (Wildman–Crippen LogP) is 1.94. The van der Waals surface area contributed by atoms with Gasteiger partial charge in [-0.05, 0) is 25.8 Å². The summed E-state index contributed by atoms with van der Waals surface area (Å²) in [5, 5.41) is 7.03. The molecule has 5 heteroatoms. The highest BCUT2D eigenvalue weighted by Gasteiger charge is 2.20. The van der Waals surface area contributed by atoms with Crippen LogP contribution in [0.4, 0.5) is 0 Å². The van der Waals surface area contributed by atoms with Crippen molar-refractivity contribution >= 4 is 0 Å². The molecular weight excluding hydrogens is 268 g/mol. The van der Waals surface area contributed by atoms with Gasteiger partial charge >= 0.3 is 0 Å². The molecule has 2 rings (SSSR count). The molecular formula is C16H26N2O3. The van der Waals surface area contributed by atoms with Gasteiger partial charge in [0.2, 0.25) is 0 Å². The summed E-state index contributed by atoms with van der Waals surface area (Å²) in [4.78, 5) is 0. The van der Waals surface area contributed by atoms with Crippen LogP contribution in [0.1, 0.15) is 25.3 Å². The number of benzene rings is 1. The Morgan fingerprint density at radius 2 is 1.67 bits per heavy atom. The third-order valence-corrected chi connectivity index (χ3v) is 3.72. The molecule has 1 saturated carbocycles. The Bertz CT molecular complexity index is 461. The van der Waals surface area contributed by atoms with Crippen molar-refractivity contribution < 1.29 is 14.2 Å². The maximum absolute atomic E-state index is 5.44. The number of rotatable bonds is 9. The lowest BCUT2D eigenvalue weighted by Crippen LogP contribution is -2.36. The molecule has 1 aromatic carbocycles. The predicted molar refractivity (Wildman–Crippen MR) is 83.4 cm³/mol. The van der Waals surface area contributed by atoms with Crippen LogP contribution in [-0.2, 0) is 6.54 Å². The van der Waals surface area contributed by atoms with Crippen molar-refractivity contribution in [1.82, 2.24) is 10.6 Å². The quantitative estimate of drug-likeness (QED) is 0.729. The Labute approximate surface area is 127 Å². The highest BCUT2D eigenvalue weighted by atomic mass is 16.5. The molecule has 21 heavy (non-hydrogen) atoms. The average Bonchev–Trinajstić information content (AvgIpc) is 3.34. The van der Waals surface area contributed by atoms with E-state index < -0.39 is 0 Å². The average molecular weight is 294 g/mol. The normalized spacial score (nSPS) is 15.6. The second-order valence-electron chi connectivity index (χ2n) is 5.48. The van der Waals surface area contributed by atoms with Crippen LogP contribution in [0.3, 0.4) is 0 Å². The maximum atomic E-state index is 5.44. The zero-order valence-corrected chi connectivity index (χ0v) is 13.4. The van der Waals surface area contributed by atoms with Gasteiger partial charge in [-0.25, -0.2) is 0 Å². The molecule has 1 aliphatic carbocycles. The van der Waals surface area contributed by atoms with Crippen LogP contribution >= 0.6 is 0 Å². The van der Waals surface area contributed by atoms with E-state index in [4.69, 9.17) is 14.2 Å². The molecule has 0 aromatic heterocycles. The van der Waals surface area contributed by atoms with E-state index in [-0.39, 0.29) is 0 Å². The molecule has 0 amide bonds. The first-order valence-electron chi connectivity index (χ1n) is 7.43. The van der Waals surface area contributed by atoms with Crippen LogP contribution in [0.25, 0.3) is 0 Å². The second-order valence-corrected chi connectivity index (χ2v) is 5.48. The Balaban J connectivity index is 1.96. The minimum Gasteiger partial charge on any atom is -0.496 e. The summed E-state index contributed by atoms with van der Waals surface area (Å²) in [6, 6.07) is 4.97. The molecule has 1 aliphatic rings. The lowest BCUT2D eigenvalue weighted by atomic mass is 10.1. The number of methoxy groups -OCH3 is 3. The van der Waals surface area contributed by atoms with Crippen molar-refractivity contribution in [3.63, 3.8) is 0 Å². The summed E-state index contributed by atoms with van der Waals surface area (Å²) in [6.45, 7) is 3.90. The number of hydrogen-bond acceptors (Lipinski definition) is 5. The fourth-order valence-electron chi connectivity index (χ4n) is 2.22.